The summed E-state index contributed by atoms with van der Waals surface area (Å²) in [6.45, 7) is 2.59. The average Bonchev–Trinajstić information content (AvgIpc) is 2.96. The highest BCUT2D eigenvalue weighted by Crippen LogP contribution is 2.32. The predicted molar refractivity (Wildman–Crippen MR) is 57.3 cm³/mol. The van der Waals surface area contributed by atoms with E-state index in [0.717, 1.165) is 12.8 Å². The Bertz CT molecular complexity index is 241. The number of amides is 1. The first-order valence-electron chi connectivity index (χ1n) is 5.86. The summed E-state index contributed by atoms with van der Waals surface area (Å²) in [5.41, 5.74) is 5.50. The third kappa shape index (κ3) is 2.69. The van der Waals surface area contributed by atoms with Gasteiger partial charge in [-0.05, 0) is 38.5 Å². The van der Waals surface area contributed by atoms with Crippen LogP contribution >= 0.6 is 0 Å². The van der Waals surface area contributed by atoms with Crippen molar-refractivity contribution in [3.8, 4) is 0 Å². The second-order valence-corrected chi connectivity index (χ2v) is 4.69. The molecule has 0 aromatic carbocycles. The van der Waals surface area contributed by atoms with Gasteiger partial charge in [0.25, 0.3) is 0 Å². The molecule has 0 aromatic heterocycles. The summed E-state index contributed by atoms with van der Waals surface area (Å²) in [7, 11) is 0. The van der Waals surface area contributed by atoms with E-state index in [2.05, 4.69) is 12.2 Å². The number of hydrogen-bond donors (Lipinski definition) is 2. The van der Waals surface area contributed by atoms with Gasteiger partial charge in [-0.25, -0.2) is 0 Å². The minimum Gasteiger partial charge on any atom is -0.364 e. The summed E-state index contributed by atoms with van der Waals surface area (Å²) in [6, 6.07) is 0.304. The van der Waals surface area contributed by atoms with Gasteiger partial charge in [0, 0.05) is 12.6 Å². The maximum Gasteiger partial charge on any atom is 0.249 e. The third-order valence-corrected chi connectivity index (χ3v) is 3.36. The van der Waals surface area contributed by atoms with E-state index in [1.807, 2.05) is 0 Å². The molecule has 4 heteroatoms. The first kappa shape index (κ1) is 10.9. The van der Waals surface area contributed by atoms with E-state index in [1.165, 1.54) is 12.8 Å². The van der Waals surface area contributed by atoms with Gasteiger partial charge >= 0.3 is 0 Å². The quantitative estimate of drug-likeness (QED) is 0.709. The van der Waals surface area contributed by atoms with Crippen molar-refractivity contribution in [3.05, 3.63) is 0 Å². The summed E-state index contributed by atoms with van der Waals surface area (Å²) >= 11 is 0. The molecule has 86 valence electrons. The van der Waals surface area contributed by atoms with Gasteiger partial charge in [0.05, 0.1) is 6.10 Å². The van der Waals surface area contributed by atoms with Gasteiger partial charge in [0.15, 0.2) is 0 Å². The van der Waals surface area contributed by atoms with Gasteiger partial charge in [0.2, 0.25) is 5.91 Å². The highest BCUT2D eigenvalue weighted by Gasteiger charge is 2.34. The van der Waals surface area contributed by atoms with Crippen LogP contribution in [-0.4, -0.2) is 30.7 Å². The minimum absolute atomic E-state index is 0.0466. The van der Waals surface area contributed by atoms with Crippen LogP contribution in [0.3, 0.4) is 0 Å². The molecule has 3 unspecified atom stereocenters. The highest BCUT2D eigenvalue weighted by molar-refractivity contribution is 5.81. The Hall–Kier alpha value is -0.610. The van der Waals surface area contributed by atoms with Crippen molar-refractivity contribution in [2.24, 2.45) is 11.7 Å². The lowest BCUT2D eigenvalue weighted by Gasteiger charge is -2.17. The number of carbonyl (C=O) groups is 1. The zero-order chi connectivity index (χ0) is 10.8. The Labute approximate surface area is 90.5 Å². The summed E-state index contributed by atoms with van der Waals surface area (Å²) in [6.07, 6.45) is 4.03. The number of nitrogens with two attached hydrogens (primary N) is 1. The summed E-state index contributed by atoms with van der Waals surface area (Å²) < 4.78 is 5.54. The first-order chi connectivity index (χ1) is 7.20. The molecular weight excluding hydrogens is 192 g/mol. The van der Waals surface area contributed by atoms with E-state index < -0.39 is 0 Å². The highest BCUT2D eigenvalue weighted by atomic mass is 16.5. The maximum absolute atomic E-state index is 11.8. The summed E-state index contributed by atoms with van der Waals surface area (Å²) in [4.78, 5) is 11.8. The van der Waals surface area contributed by atoms with Crippen molar-refractivity contribution in [2.75, 3.05) is 6.54 Å². The van der Waals surface area contributed by atoms with Crippen molar-refractivity contribution >= 4 is 5.91 Å². The monoisotopic (exact) mass is 212 g/mol. The van der Waals surface area contributed by atoms with E-state index in [9.17, 15) is 4.79 Å². The topological polar surface area (TPSA) is 64.4 Å². The van der Waals surface area contributed by atoms with Gasteiger partial charge in [0.1, 0.15) is 6.10 Å². The zero-order valence-electron chi connectivity index (χ0n) is 9.24. The molecule has 0 spiro atoms. The summed E-state index contributed by atoms with van der Waals surface area (Å²) in [5, 5.41) is 3.02. The van der Waals surface area contributed by atoms with Crippen LogP contribution in [-0.2, 0) is 9.53 Å². The van der Waals surface area contributed by atoms with E-state index in [-0.39, 0.29) is 18.1 Å². The molecule has 1 heterocycles. The second kappa shape index (κ2) is 4.49. The van der Waals surface area contributed by atoms with Gasteiger partial charge < -0.3 is 15.8 Å². The molecule has 3 atom stereocenters. The Kier molecular flexibility index (Phi) is 3.26. The molecule has 0 radical (unpaired) electrons. The van der Waals surface area contributed by atoms with Crippen LogP contribution in [0.1, 0.15) is 32.6 Å². The number of hydrogen-bond acceptors (Lipinski definition) is 3. The fraction of sp³-hybridized carbons (Fsp3) is 0.909. The van der Waals surface area contributed by atoms with Crippen molar-refractivity contribution < 1.29 is 9.53 Å². The number of rotatable bonds is 4. The lowest BCUT2D eigenvalue weighted by Crippen LogP contribution is -2.41. The van der Waals surface area contributed by atoms with Crippen LogP contribution in [0.5, 0.6) is 0 Å². The second-order valence-electron chi connectivity index (χ2n) is 4.69. The Morgan fingerprint density at radius 2 is 2.20 bits per heavy atom. The standard InChI is InChI=1S/C11H20N2O2/c1-7(8-2-3-8)13-11(14)10-5-4-9(6-12)15-10/h7-10H,2-6,12H2,1H3,(H,13,14). The molecule has 1 aliphatic heterocycles. The average molecular weight is 212 g/mol. The van der Waals surface area contributed by atoms with Crippen LogP contribution in [0.25, 0.3) is 0 Å². The minimum atomic E-state index is -0.264. The largest absolute Gasteiger partial charge is 0.364 e. The molecule has 3 N–H and O–H groups in total. The molecule has 0 bridgehead atoms. The molecule has 1 aliphatic carbocycles. The van der Waals surface area contributed by atoms with Crippen LogP contribution in [0, 0.1) is 5.92 Å². The predicted octanol–water partition coefficient (Wildman–Crippen LogP) is 0.407. The number of ether oxygens (including phenoxy) is 1. The van der Waals surface area contributed by atoms with E-state index in [1.54, 1.807) is 0 Å². The van der Waals surface area contributed by atoms with Crippen LogP contribution in [0.2, 0.25) is 0 Å². The van der Waals surface area contributed by atoms with E-state index in [4.69, 9.17) is 10.5 Å². The van der Waals surface area contributed by atoms with Crippen LogP contribution in [0.15, 0.2) is 0 Å². The van der Waals surface area contributed by atoms with Gasteiger partial charge in [-0.1, -0.05) is 0 Å². The van der Waals surface area contributed by atoms with Gasteiger partial charge in [-0.15, -0.1) is 0 Å². The van der Waals surface area contributed by atoms with Gasteiger partial charge in [-0.3, -0.25) is 4.79 Å². The lowest BCUT2D eigenvalue weighted by molar-refractivity contribution is -0.132. The number of nitrogens with one attached hydrogen (secondary N) is 1. The molecule has 2 aliphatic rings. The molecule has 1 saturated carbocycles. The first-order valence-corrected chi connectivity index (χ1v) is 5.86. The Morgan fingerprint density at radius 3 is 2.73 bits per heavy atom. The third-order valence-electron chi connectivity index (χ3n) is 3.36. The maximum atomic E-state index is 11.8. The summed E-state index contributed by atoms with van der Waals surface area (Å²) in [5.74, 6) is 0.742. The van der Waals surface area contributed by atoms with Gasteiger partial charge in [-0.2, -0.15) is 0 Å². The fourth-order valence-corrected chi connectivity index (χ4v) is 2.10. The van der Waals surface area contributed by atoms with Crippen molar-refractivity contribution in [2.45, 2.75) is 50.9 Å². The lowest BCUT2D eigenvalue weighted by atomic mass is 10.1. The molecule has 1 amide bonds. The van der Waals surface area contributed by atoms with E-state index in [0.29, 0.717) is 18.5 Å². The molecule has 15 heavy (non-hydrogen) atoms. The molecule has 4 nitrogen and oxygen atoms in total. The Balaban J connectivity index is 1.75. The van der Waals surface area contributed by atoms with Crippen molar-refractivity contribution in [1.82, 2.24) is 5.32 Å². The van der Waals surface area contributed by atoms with E-state index >= 15 is 0 Å². The number of carbonyl (C=O) groups excluding carboxylic acids is 1. The van der Waals surface area contributed by atoms with Crippen LogP contribution < -0.4 is 11.1 Å². The molecule has 2 rings (SSSR count). The Morgan fingerprint density at radius 1 is 1.47 bits per heavy atom. The fourth-order valence-electron chi connectivity index (χ4n) is 2.10. The van der Waals surface area contributed by atoms with Crippen LogP contribution in [0.4, 0.5) is 0 Å². The smallest absolute Gasteiger partial charge is 0.249 e. The normalized spacial score (nSPS) is 32.7. The van der Waals surface area contributed by atoms with Crippen molar-refractivity contribution in [3.63, 3.8) is 0 Å². The SMILES string of the molecule is CC(NC(=O)C1CCC(CN)O1)C1CC1. The zero-order valence-corrected chi connectivity index (χ0v) is 9.24. The van der Waals surface area contributed by atoms with Crippen molar-refractivity contribution in [1.29, 1.82) is 0 Å². The molecule has 1 saturated heterocycles. The molecule has 0 aromatic rings. The molecular formula is C11H20N2O2. The molecule has 2 fully saturated rings.